The van der Waals surface area contributed by atoms with Gasteiger partial charge < -0.3 is 9.84 Å². The van der Waals surface area contributed by atoms with Gasteiger partial charge in [0.1, 0.15) is 5.75 Å². The highest BCUT2D eigenvalue weighted by atomic mass is 79.9. The van der Waals surface area contributed by atoms with Crippen molar-refractivity contribution in [3.8, 4) is 5.75 Å². The molecule has 0 atom stereocenters. The molecule has 0 heterocycles. The van der Waals surface area contributed by atoms with Crippen molar-refractivity contribution < 1.29 is 23.4 Å². The highest BCUT2D eigenvalue weighted by Crippen LogP contribution is 2.34. The molecule has 0 spiro atoms. The fourth-order valence-corrected chi connectivity index (χ4v) is 1.40. The summed E-state index contributed by atoms with van der Waals surface area (Å²) < 4.78 is 28.0. The Balaban J connectivity index is 3.19. The Morgan fingerprint density at radius 1 is 1.53 bits per heavy atom. The third-order valence-electron chi connectivity index (χ3n) is 1.46. The fourth-order valence-electron chi connectivity index (χ4n) is 0.869. The zero-order chi connectivity index (χ0) is 11.6. The smallest absolute Gasteiger partial charge is 0.387 e. The number of hydrogen-bond acceptors (Lipinski definition) is 2. The molecule has 1 aromatic carbocycles. The number of halogens is 4. The van der Waals surface area contributed by atoms with Gasteiger partial charge in [0.2, 0.25) is 0 Å². The van der Waals surface area contributed by atoms with Crippen LogP contribution in [-0.4, -0.2) is 17.7 Å². The first kappa shape index (κ1) is 12.2. The van der Waals surface area contributed by atoms with Crippen LogP contribution in [0.2, 0.25) is 5.02 Å². The largest absolute Gasteiger partial charge is 0.478 e. The Hall–Kier alpha value is -0.880. The molecule has 0 saturated heterocycles. The normalized spacial score (nSPS) is 10.5. The van der Waals surface area contributed by atoms with E-state index in [1.54, 1.807) is 0 Å². The van der Waals surface area contributed by atoms with Gasteiger partial charge >= 0.3 is 12.6 Å². The summed E-state index contributed by atoms with van der Waals surface area (Å²) in [5.74, 6) is -1.58. The molecule has 0 radical (unpaired) electrons. The van der Waals surface area contributed by atoms with E-state index in [9.17, 15) is 13.6 Å². The second kappa shape index (κ2) is 4.76. The highest BCUT2D eigenvalue weighted by Gasteiger charge is 2.15. The fraction of sp³-hybridized carbons (Fsp3) is 0.125. The van der Waals surface area contributed by atoms with Crippen LogP contribution in [0.4, 0.5) is 8.78 Å². The second-order valence-corrected chi connectivity index (χ2v) is 3.65. The van der Waals surface area contributed by atoms with Crippen molar-refractivity contribution in [2.24, 2.45) is 0 Å². The first-order valence-corrected chi connectivity index (χ1v) is 4.76. The van der Waals surface area contributed by atoms with Gasteiger partial charge in [0, 0.05) is 0 Å². The maximum atomic E-state index is 11.9. The average molecular weight is 301 g/mol. The molecule has 0 fully saturated rings. The van der Waals surface area contributed by atoms with Gasteiger partial charge in [-0.05, 0) is 28.1 Å². The number of ether oxygens (including phenoxy) is 1. The molecule has 15 heavy (non-hydrogen) atoms. The average Bonchev–Trinajstić information content (AvgIpc) is 2.11. The van der Waals surface area contributed by atoms with Gasteiger partial charge in [0.15, 0.2) is 0 Å². The van der Waals surface area contributed by atoms with Gasteiger partial charge in [-0.15, -0.1) is 0 Å². The summed E-state index contributed by atoms with van der Waals surface area (Å²) in [5, 5.41) is 8.63. The predicted octanol–water partition coefficient (Wildman–Crippen LogP) is 3.40. The van der Waals surface area contributed by atoms with E-state index in [2.05, 4.69) is 20.7 Å². The molecule has 1 N–H and O–H groups in total. The summed E-state index contributed by atoms with van der Waals surface area (Å²) in [7, 11) is 0. The van der Waals surface area contributed by atoms with Crippen LogP contribution in [0.1, 0.15) is 10.4 Å². The van der Waals surface area contributed by atoms with Crippen molar-refractivity contribution in [2.75, 3.05) is 0 Å². The van der Waals surface area contributed by atoms with Gasteiger partial charge in [-0.2, -0.15) is 8.78 Å². The molecule has 0 aliphatic rings. The van der Waals surface area contributed by atoms with Crippen LogP contribution in [0.25, 0.3) is 0 Å². The summed E-state index contributed by atoms with van der Waals surface area (Å²) in [5.41, 5.74) is -0.223. The predicted molar refractivity (Wildman–Crippen MR) is 52.7 cm³/mol. The lowest BCUT2D eigenvalue weighted by atomic mass is 10.2. The van der Waals surface area contributed by atoms with Crippen LogP contribution >= 0.6 is 27.5 Å². The summed E-state index contributed by atoms with van der Waals surface area (Å²) in [6, 6.07) is 2.09. The lowest BCUT2D eigenvalue weighted by molar-refractivity contribution is -0.0504. The molecule has 0 aliphatic heterocycles. The van der Waals surface area contributed by atoms with Crippen molar-refractivity contribution in [3.05, 3.63) is 27.2 Å². The van der Waals surface area contributed by atoms with Crippen molar-refractivity contribution in [3.63, 3.8) is 0 Å². The molecule has 3 nitrogen and oxygen atoms in total. The molecule has 0 bridgehead atoms. The van der Waals surface area contributed by atoms with Crippen molar-refractivity contribution in [1.29, 1.82) is 0 Å². The first-order valence-electron chi connectivity index (χ1n) is 3.59. The molecule has 0 aliphatic carbocycles. The molecule has 0 unspecified atom stereocenters. The van der Waals surface area contributed by atoms with Gasteiger partial charge in [0.25, 0.3) is 0 Å². The van der Waals surface area contributed by atoms with Crippen molar-refractivity contribution in [1.82, 2.24) is 0 Å². The molecule has 0 amide bonds. The summed E-state index contributed by atoms with van der Waals surface area (Å²) >= 11 is 8.52. The van der Waals surface area contributed by atoms with Crippen LogP contribution in [0.15, 0.2) is 16.6 Å². The van der Waals surface area contributed by atoms with E-state index in [1.165, 1.54) is 0 Å². The molecule has 1 aromatic rings. The van der Waals surface area contributed by atoms with Crippen LogP contribution in [-0.2, 0) is 0 Å². The van der Waals surface area contributed by atoms with Gasteiger partial charge in [-0.1, -0.05) is 11.6 Å². The zero-order valence-corrected chi connectivity index (χ0v) is 9.35. The third-order valence-corrected chi connectivity index (χ3v) is 2.80. The SMILES string of the molecule is O=C(O)c1cc(Cl)c(Br)c(OC(F)F)c1. The number of carboxylic acids is 1. The first-order chi connectivity index (χ1) is 6.91. The number of hydrogen-bond donors (Lipinski definition) is 1. The van der Waals surface area contributed by atoms with E-state index in [1.807, 2.05) is 0 Å². The third kappa shape index (κ3) is 3.04. The maximum absolute atomic E-state index is 11.9. The Kier molecular flexibility index (Phi) is 3.87. The van der Waals surface area contributed by atoms with Gasteiger partial charge in [-0.25, -0.2) is 4.79 Å². The highest BCUT2D eigenvalue weighted by molar-refractivity contribution is 9.10. The molecular weight excluding hydrogens is 297 g/mol. The Labute approximate surface area is 96.7 Å². The van der Waals surface area contributed by atoms with E-state index in [4.69, 9.17) is 16.7 Å². The number of aromatic carboxylic acids is 1. The standard InChI is InChI=1S/C8H4BrClF2O3/c9-6-4(10)1-3(7(13)14)2-5(6)15-8(11)12/h1-2,8H,(H,13,14). The lowest BCUT2D eigenvalue weighted by Crippen LogP contribution is -2.05. The van der Waals surface area contributed by atoms with Gasteiger partial charge in [-0.3, -0.25) is 0 Å². The van der Waals surface area contributed by atoms with Crippen LogP contribution in [0.5, 0.6) is 5.75 Å². The quantitative estimate of drug-likeness (QED) is 0.930. The Bertz CT molecular complexity index is 398. The Morgan fingerprint density at radius 2 is 2.13 bits per heavy atom. The molecule has 0 saturated carbocycles. The minimum absolute atomic E-state index is 0.00875. The number of carbonyl (C=O) groups is 1. The molecule has 0 aromatic heterocycles. The lowest BCUT2D eigenvalue weighted by Gasteiger charge is -2.08. The Morgan fingerprint density at radius 3 is 2.60 bits per heavy atom. The van der Waals surface area contributed by atoms with E-state index < -0.39 is 12.6 Å². The van der Waals surface area contributed by atoms with Crippen molar-refractivity contribution in [2.45, 2.75) is 6.61 Å². The molecule has 7 heteroatoms. The topological polar surface area (TPSA) is 46.5 Å². The number of rotatable bonds is 3. The summed E-state index contributed by atoms with van der Waals surface area (Å²) in [4.78, 5) is 10.6. The molecular formula is C8H4BrClF2O3. The minimum Gasteiger partial charge on any atom is -0.478 e. The second-order valence-electron chi connectivity index (χ2n) is 2.45. The number of carboxylic acid groups (broad SMARTS) is 1. The van der Waals surface area contributed by atoms with Crippen LogP contribution < -0.4 is 4.74 Å². The van der Waals surface area contributed by atoms with E-state index in [0.717, 1.165) is 12.1 Å². The molecule has 82 valence electrons. The number of alkyl halides is 2. The van der Waals surface area contributed by atoms with E-state index >= 15 is 0 Å². The van der Waals surface area contributed by atoms with E-state index in [0.29, 0.717) is 0 Å². The van der Waals surface area contributed by atoms with Crippen LogP contribution in [0.3, 0.4) is 0 Å². The van der Waals surface area contributed by atoms with Crippen molar-refractivity contribution >= 4 is 33.5 Å². The monoisotopic (exact) mass is 300 g/mol. The molecule has 1 rings (SSSR count). The zero-order valence-electron chi connectivity index (χ0n) is 7.01. The van der Waals surface area contributed by atoms with Gasteiger partial charge in [0.05, 0.1) is 15.1 Å². The van der Waals surface area contributed by atoms with E-state index in [-0.39, 0.29) is 20.8 Å². The minimum atomic E-state index is -3.04. The van der Waals surface area contributed by atoms with Crippen LogP contribution in [0, 0.1) is 0 Å². The number of benzene rings is 1. The maximum Gasteiger partial charge on any atom is 0.387 e. The summed E-state index contributed by atoms with van der Waals surface area (Å²) in [6.45, 7) is -3.04. The summed E-state index contributed by atoms with van der Waals surface area (Å²) in [6.07, 6.45) is 0.